The molecule has 2 aromatic carbocycles. The maximum Gasteiger partial charge on any atom is -0.0146 e. The fourth-order valence-corrected chi connectivity index (χ4v) is 2.19. The molecule has 69 valence electrons. The van der Waals surface area contributed by atoms with Crippen LogP contribution >= 0.6 is 0 Å². The lowest BCUT2D eigenvalue weighted by atomic mass is 9.96. The summed E-state index contributed by atoms with van der Waals surface area (Å²) in [6, 6.07) is 12.9. The molecule has 1 saturated carbocycles. The van der Waals surface area contributed by atoms with Gasteiger partial charge >= 0.3 is 0 Å². The Labute approximate surface area is 84.6 Å². The molecule has 0 aromatic heterocycles. The maximum absolute atomic E-state index is 4.13. The van der Waals surface area contributed by atoms with Crippen LogP contribution in [0.15, 0.2) is 36.4 Å². The molecule has 14 heavy (non-hydrogen) atoms. The highest BCUT2D eigenvalue weighted by molar-refractivity contribution is 5.87. The van der Waals surface area contributed by atoms with Crippen LogP contribution in [0.3, 0.4) is 0 Å². The van der Waals surface area contributed by atoms with E-state index < -0.39 is 0 Å². The summed E-state index contributed by atoms with van der Waals surface area (Å²) < 4.78 is 0. The van der Waals surface area contributed by atoms with E-state index in [0.717, 1.165) is 5.92 Å². The summed E-state index contributed by atoms with van der Waals surface area (Å²) in [5.41, 5.74) is 2.70. The average Bonchev–Trinajstić information content (AvgIpc) is 3.01. The third-order valence-electron chi connectivity index (χ3n) is 3.05. The minimum absolute atomic E-state index is 0.786. The SMILES string of the molecule is [CH2]c1ccc2ccccc2c1C1CC1. The lowest BCUT2D eigenvalue weighted by molar-refractivity contribution is 1.14. The lowest BCUT2D eigenvalue weighted by Crippen LogP contribution is -1.87. The second-order valence-corrected chi connectivity index (χ2v) is 4.13. The molecule has 0 unspecified atom stereocenters. The van der Waals surface area contributed by atoms with Gasteiger partial charge in [0.2, 0.25) is 0 Å². The first kappa shape index (κ1) is 8.05. The van der Waals surface area contributed by atoms with E-state index in [1.54, 1.807) is 0 Å². The summed E-state index contributed by atoms with van der Waals surface area (Å²) in [6.07, 6.45) is 2.69. The van der Waals surface area contributed by atoms with E-state index in [1.165, 1.54) is 34.7 Å². The first-order valence-electron chi connectivity index (χ1n) is 5.20. The Bertz CT molecular complexity index is 478. The van der Waals surface area contributed by atoms with Gasteiger partial charge in [-0.05, 0) is 47.6 Å². The van der Waals surface area contributed by atoms with Gasteiger partial charge < -0.3 is 0 Å². The van der Waals surface area contributed by atoms with E-state index >= 15 is 0 Å². The van der Waals surface area contributed by atoms with Gasteiger partial charge in [-0.2, -0.15) is 0 Å². The highest BCUT2D eigenvalue weighted by Crippen LogP contribution is 2.44. The van der Waals surface area contributed by atoms with Gasteiger partial charge in [0.15, 0.2) is 0 Å². The van der Waals surface area contributed by atoms with E-state index in [2.05, 4.69) is 43.3 Å². The second kappa shape index (κ2) is 2.84. The predicted octanol–water partition coefficient (Wildman–Crippen LogP) is 3.90. The van der Waals surface area contributed by atoms with Crippen LogP contribution in [0.4, 0.5) is 0 Å². The van der Waals surface area contributed by atoms with Crippen LogP contribution < -0.4 is 0 Å². The van der Waals surface area contributed by atoms with Gasteiger partial charge in [0.1, 0.15) is 0 Å². The zero-order valence-corrected chi connectivity index (χ0v) is 8.16. The Morgan fingerprint density at radius 3 is 2.57 bits per heavy atom. The van der Waals surface area contributed by atoms with Crippen LogP contribution in [0.5, 0.6) is 0 Å². The second-order valence-electron chi connectivity index (χ2n) is 4.13. The molecule has 0 nitrogen and oxygen atoms in total. The molecule has 3 rings (SSSR count). The van der Waals surface area contributed by atoms with E-state index in [-0.39, 0.29) is 0 Å². The molecule has 0 bridgehead atoms. The highest BCUT2D eigenvalue weighted by atomic mass is 14.3. The number of rotatable bonds is 1. The summed E-state index contributed by atoms with van der Waals surface area (Å²) >= 11 is 0. The van der Waals surface area contributed by atoms with Crippen LogP contribution in [0.2, 0.25) is 0 Å². The topological polar surface area (TPSA) is 0 Å². The smallest absolute Gasteiger partial charge is 0.0146 e. The lowest BCUT2D eigenvalue weighted by Gasteiger charge is -2.08. The van der Waals surface area contributed by atoms with Gasteiger partial charge in [-0.25, -0.2) is 0 Å². The van der Waals surface area contributed by atoms with Gasteiger partial charge in [-0.3, -0.25) is 0 Å². The summed E-state index contributed by atoms with van der Waals surface area (Å²) in [5, 5.41) is 2.75. The molecule has 0 saturated heterocycles. The van der Waals surface area contributed by atoms with Crippen LogP contribution in [-0.2, 0) is 0 Å². The van der Waals surface area contributed by atoms with E-state index in [0.29, 0.717) is 0 Å². The highest BCUT2D eigenvalue weighted by Gasteiger charge is 2.26. The molecule has 0 amide bonds. The summed E-state index contributed by atoms with van der Waals surface area (Å²) in [6.45, 7) is 4.13. The monoisotopic (exact) mass is 181 g/mol. The Balaban J connectivity index is 2.37. The Morgan fingerprint density at radius 1 is 1.00 bits per heavy atom. The molecule has 0 spiro atoms. The first-order valence-corrected chi connectivity index (χ1v) is 5.20. The zero-order valence-electron chi connectivity index (χ0n) is 8.16. The van der Waals surface area contributed by atoms with Crippen molar-refractivity contribution in [3.8, 4) is 0 Å². The van der Waals surface area contributed by atoms with Gasteiger partial charge in [-0.1, -0.05) is 36.4 Å². The molecular formula is C14H13. The summed E-state index contributed by atoms with van der Waals surface area (Å²) in [4.78, 5) is 0. The molecule has 0 atom stereocenters. The number of benzene rings is 2. The molecule has 1 radical (unpaired) electrons. The van der Waals surface area contributed by atoms with Crippen LogP contribution in [0.1, 0.15) is 29.9 Å². The Hall–Kier alpha value is -1.30. The number of hydrogen-bond donors (Lipinski definition) is 0. The van der Waals surface area contributed by atoms with Gasteiger partial charge in [-0.15, -0.1) is 0 Å². The van der Waals surface area contributed by atoms with Crippen LogP contribution in [0.25, 0.3) is 10.8 Å². The van der Waals surface area contributed by atoms with Crippen molar-refractivity contribution in [2.75, 3.05) is 0 Å². The van der Waals surface area contributed by atoms with E-state index in [4.69, 9.17) is 0 Å². The van der Waals surface area contributed by atoms with Crippen LogP contribution in [0, 0.1) is 6.92 Å². The third kappa shape index (κ3) is 1.14. The molecule has 0 heteroatoms. The predicted molar refractivity (Wildman–Crippen MR) is 60.4 cm³/mol. The Morgan fingerprint density at radius 2 is 1.79 bits per heavy atom. The fourth-order valence-electron chi connectivity index (χ4n) is 2.19. The molecule has 1 aliphatic carbocycles. The van der Waals surface area contributed by atoms with Gasteiger partial charge in [0.05, 0.1) is 0 Å². The van der Waals surface area contributed by atoms with Crippen molar-refractivity contribution in [2.45, 2.75) is 18.8 Å². The molecule has 0 heterocycles. The quantitative estimate of drug-likeness (QED) is 0.626. The standard InChI is InChI=1S/C14H13/c1-10-6-7-11-4-2-3-5-13(11)14(10)12-8-9-12/h2-7,12H,1,8-9H2. The summed E-state index contributed by atoms with van der Waals surface area (Å²) in [5.74, 6) is 0.786. The fraction of sp³-hybridized carbons (Fsp3) is 0.214. The minimum Gasteiger partial charge on any atom is -0.0616 e. The molecule has 0 N–H and O–H groups in total. The molecule has 0 aliphatic heterocycles. The molecule has 2 aromatic rings. The zero-order chi connectivity index (χ0) is 9.54. The minimum atomic E-state index is 0.786. The third-order valence-corrected chi connectivity index (χ3v) is 3.05. The molecular weight excluding hydrogens is 168 g/mol. The van der Waals surface area contributed by atoms with Gasteiger partial charge in [0, 0.05) is 0 Å². The van der Waals surface area contributed by atoms with Crippen molar-refractivity contribution in [2.24, 2.45) is 0 Å². The number of fused-ring (bicyclic) bond motifs is 1. The van der Waals surface area contributed by atoms with E-state index in [1.807, 2.05) is 0 Å². The maximum atomic E-state index is 4.13. The van der Waals surface area contributed by atoms with Crippen molar-refractivity contribution < 1.29 is 0 Å². The largest absolute Gasteiger partial charge is 0.0616 e. The molecule has 1 fully saturated rings. The normalized spacial score (nSPS) is 16.1. The van der Waals surface area contributed by atoms with Crippen molar-refractivity contribution in [3.63, 3.8) is 0 Å². The van der Waals surface area contributed by atoms with Crippen molar-refractivity contribution in [3.05, 3.63) is 54.4 Å². The van der Waals surface area contributed by atoms with Crippen molar-refractivity contribution in [1.82, 2.24) is 0 Å². The van der Waals surface area contributed by atoms with E-state index in [9.17, 15) is 0 Å². The van der Waals surface area contributed by atoms with Crippen LogP contribution in [-0.4, -0.2) is 0 Å². The van der Waals surface area contributed by atoms with Crippen molar-refractivity contribution >= 4 is 10.8 Å². The summed E-state index contributed by atoms with van der Waals surface area (Å²) in [7, 11) is 0. The van der Waals surface area contributed by atoms with Gasteiger partial charge in [0.25, 0.3) is 0 Å². The average molecular weight is 181 g/mol. The van der Waals surface area contributed by atoms with Crippen molar-refractivity contribution in [1.29, 1.82) is 0 Å². The first-order chi connectivity index (χ1) is 6.86. The Kier molecular flexibility index (Phi) is 1.63. The molecule has 1 aliphatic rings. The number of hydrogen-bond acceptors (Lipinski definition) is 0.